The van der Waals surface area contributed by atoms with E-state index in [-0.39, 0.29) is 0 Å². The van der Waals surface area contributed by atoms with E-state index >= 15 is 0 Å². The second kappa shape index (κ2) is 4.01. The second-order valence-electron chi connectivity index (χ2n) is 3.76. The SMILES string of the molecule is CC(C)(C)OC(=O)C#Cc1ccoc1. The summed E-state index contributed by atoms with van der Waals surface area (Å²) in [5.74, 6) is 4.47. The molecule has 0 aliphatic heterocycles. The van der Waals surface area contributed by atoms with Crippen LogP contribution in [0.2, 0.25) is 0 Å². The number of hydrogen-bond donors (Lipinski definition) is 0. The van der Waals surface area contributed by atoms with Crippen molar-refractivity contribution >= 4 is 5.97 Å². The van der Waals surface area contributed by atoms with Gasteiger partial charge >= 0.3 is 5.97 Å². The minimum absolute atomic E-state index is 0.498. The van der Waals surface area contributed by atoms with Crippen molar-refractivity contribution in [3.63, 3.8) is 0 Å². The molecule has 1 aromatic rings. The Morgan fingerprint density at radius 3 is 2.71 bits per heavy atom. The molecule has 0 unspecified atom stereocenters. The normalized spacial score (nSPS) is 10.2. The fourth-order valence-electron chi connectivity index (χ4n) is 0.762. The van der Waals surface area contributed by atoms with Crippen molar-refractivity contribution in [2.75, 3.05) is 0 Å². The standard InChI is InChI=1S/C11H12O3/c1-11(2,3)14-10(12)5-4-9-6-7-13-8-9/h6-8H,1-3H3. The maximum Gasteiger partial charge on any atom is 0.385 e. The van der Waals surface area contributed by atoms with Crippen LogP contribution < -0.4 is 0 Å². The van der Waals surface area contributed by atoms with E-state index in [1.165, 1.54) is 12.5 Å². The summed E-state index contributed by atoms with van der Waals surface area (Å²) in [6.45, 7) is 5.39. The zero-order chi connectivity index (χ0) is 10.6. The molecule has 0 fully saturated rings. The van der Waals surface area contributed by atoms with Crippen LogP contribution in [0.5, 0.6) is 0 Å². The molecule has 0 saturated heterocycles. The van der Waals surface area contributed by atoms with Gasteiger partial charge in [-0.25, -0.2) is 4.79 Å². The summed E-state index contributed by atoms with van der Waals surface area (Å²) in [5, 5.41) is 0. The lowest BCUT2D eigenvalue weighted by molar-refractivity contribution is -0.147. The smallest absolute Gasteiger partial charge is 0.385 e. The molecule has 1 aromatic heterocycles. The summed E-state index contributed by atoms with van der Waals surface area (Å²) >= 11 is 0. The van der Waals surface area contributed by atoms with Crippen LogP contribution in [0.1, 0.15) is 26.3 Å². The van der Waals surface area contributed by atoms with Gasteiger partial charge in [-0.3, -0.25) is 0 Å². The molecule has 14 heavy (non-hydrogen) atoms. The Morgan fingerprint density at radius 2 is 2.21 bits per heavy atom. The van der Waals surface area contributed by atoms with Gasteiger partial charge in [0.2, 0.25) is 0 Å². The van der Waals surface area contributed by atoms with Crippen LogP contribution in [0.4, 0.5) is 0 Å². The zero-order valence-electron chi connectivity index (χ0n) is 8.46. The van der Waals surface area contributed by atoms with E-state index in [0.29, 0.717) is 5.56 Å². The predicted octanol–water partition coefficient (Wildman–Crippen LogP) is 1.97. The molecule has 0 saturated carbocycles. The summed E-state index contributed by atoms with van der Waals surface area (Å²) in [7, 11) is 0. The van der Waals surface area contributed by atoms with Crippen molar-refractivity contribution in [3.05, 3.63) is 24.2 Å². The third kappa shape index (κ3) is 3.81. The largest absolute Gasteiger partial charge is 0.471 e. The van der Waals surface area contributed by atoms with E-state index in [1.807, 2.05) is 0 Å². The molecule has 0 spiro atoms. The minimum Gasteiger partial charge on any atom is -0.471 e. The van der Waals surface area contributed by atoms with Crippen LogP contribution in [-0.4, -0.2) is 11.6 Å². The Kier molecular flexibility index (Phi) is 2.98. The molecule has 0 amide bonds. The van der Waals surface area contributed by atoms with Crippen molar-refractivity contribution < 1.29 is 13.9 Å². The van der Waals surface area contributed by atoms with Crippen molar-refractivity contribution in [2.24, 2.45) is 0 Å². The molecule has 0 aliphatic carbocycles. The van der Waals surface area contributed by atoms with Crippen molar-refractivity contribution in [2.45, 2.75) is 26.4 Å². The van der Waals surface area contributed by atoms with Crippen LogP contribution in [0.15, 0.2) is 23.0 Å². The van der Waals surface area contributed by atoms with Gasteiger partial charge in [0, 0.05) is 5.92 Å². The molecule has 0 aromatic carbocycles. The monoisotopic (exact) mass is 192 g/mol. The van der Waals surface area contributed by atoms with Gasteiger partial charge in [0.25, 0.3) is 0 Å². The van der Waals surface area contributed by atoms with Crippen molar-refractivity contribution in [1.82, 2.24) is 0 Å². The quantitative estimate of drug-likeness (QED) is 0.466. The molecule has 0 aliphatic rings. The summed E-state index contributed by atoms with van der Waals surface area (Å²) < 4.78 is 9.79. The highest BCUT2D eigenvalue weighted by atomic mass is 16.6. The highest BCUT2D eigenvalue weighted by Gasteiger charge is 2.14. The fourth-order valence-corrected chi connectivity index (χ4v) is 0.762. The number of carbonyl (C=O) groups excluding carboxylic acids is 1. The van der Waals surface area contributed by atoms with Gasteiger partial charge in [0.1, 0.15) is 11.9 Å². The molecule has 3 nitrogen and oxygen atoms in total. The first kappa shape index (κ1) is 10.4. The maximum absolute atomic E-state index is 11.1. The van der Waals surface area contributed by atoms with Gasteiger partial charge in [0.15, 0.2) is 0 Å². The molecule has 3 heteroatoms. The zero-order valence-corrected chi connectivity index (χ0v) is 8.46. The molecular formula is C11H12O3. The first-order valence-electron chi connectivity index (χ1n) is 4.24. The van der Waals surface area contributed by atoms with Crippen LogP contribution in [0.25, 0.3) is 0 Å². The Hall–Kier alpha value is -1.69. The summed E-state index contributed by atoms with van der Waals surface area (Å²) in [6.07, 6.45) is 2.97. The van der Waals surface area contributed by atoms with Crippen LogP contribution in [-0.2, 0) is 9.53 Å². The highest BCUT2D eigenvalue weighted by molar-refractivity contribution is 5.89. The first-order valence-corrected chi connectivity index (χ1v) is 4.24. The van der Waals surface area contributed by atoms with E-state index in [1.54, 1.807) is 26.8 Å². The maximum atomic E-state index is 11.1. The number of ether oxygens (including phenoxy) is 1. The van der Waals surface area contributed by atoms with Gasteiger partial charge in [-0.15, -0.1) is 0 Å². The molecule has 1 rings (SSSR count). The lowest BCUT2D eigenvalue weighted by atomic mass is 10.2. The molecule has 0 radical (unpaired) electrons. The molecule has 1 heterocycles. The lowest BCUT2D eigenvalue weighted by Gasteiger charge is -2.16. The van der Waals surface area contributed by atoms with Gasteiger partial charge in [0.05, 0.1) is 11.8 Å². The average molecular weight is 192 g/mol. The van der Waals surface area contributed by atoms with Crippen molar-refractivity contribution in [1.29, 1.82) is 0 Å². The number of esters is 1. The Morgan fingerprint density at radius 1 is 1.50 bits per heavy atom. The lowest BCUT2D eigenvalue weighted by Crippen LogP contribution is -2.22. The third-order valence-electron chi connectivity index (χ3n) is 1.23. The van der Waals surface area contributed by atoms with Crippen LogP contribution in [0.3, 0.4) is 0 Å². The van der Waals surface area contributed by atoms with Crippen molar-refractivity contribution in [3.8, 4) is 11.8 Å². The molecule has 0 atom stereocenters. The second-order valence-corrected chi connectivity index (χ2v) is 3.76. The average Bonchev–Trinajstić information content (AvgIpc) is 2.49. The molecular weight excluding hydrogens is 180 g/mol. The summed E-state index contributed by atoms with van der Waals surface area (Å²) in [6, 6.07) is 1.68. The van der Waals surface area contributed by atoms with E-state index in [2.05, 4.69) is 11.8 Å². The minimum atomic E-state index is -0.529. The van der Waals surface area contributed by atoms with Crippen LogP contribution in [0, 0.1) is 11.8 Å². The number of carbonyl (C=O) groups is 1. The number of furan rings is 1. The predicted molar refractivity (Wildman–Crippen MR) is 51.4 cm³/mol. The van der Waals surface area contributed by atoms with Crippen LogP contribution >= 0.6 is 0 Å². The molecule has 74 valence electrons. The van der Waals surface area contributed by atoms with Gasteiger partial charge in [-0.05, 0) is 26.8 Å². The Bertz CT molecular complexity index is 357. The summed E-state index contributed by atoms with van der Waals surface area (Å²) in [4.78, 5) is 11.1. The van der Waals surface area contributed by atoms with Gasteiger partial charge < -0.3 is 9.15 Å². The number of rotatable bonds is 0. The van der Waals surface area contributed by atoms with E-state index in [9.17, 15) is 4.79 Å². The van der Waals surface area contributed by atoms with E-state index < -0.39 is 11.6 Å². The Labute approximate surface area is 83.1 Å². The van der Waals surface area contributed by atoms with Gasteiger partial charge in [-0.2, -0.15) is 0 Å². The third-order valence-corrected chi connectivity index (χ3v) is 1.23. The highest BCUT2D eigenvalue weighted by Crippen LogP contribution is 2.06. The van der Waals surface area contributed by atoms with Gasteiger partial charge in [-0.1, -0.05) is 5.92 Å². The van der Waals surface area contributed by atoms with E-state index in [4.69, 9.17) is 9.15 Å². The number of hydrogen-bond acceptors (Lipinski definition) is 3. The topological polar surface area (TPSA) is 39.4 Å². The van der Waals surface area contributed by atoms with E-state index in [0.717, 1.165) is 0 Å². The molecule has 0 bridgehead atoms. The summed E-state index contributed by atoms with van der Waals surface area (Å²) in [5.41, 5.74) is 0.165. The fraction of sp³-hybridized carbons (Fsp3) is 0.364. The molecule has 0 N–H and O–H groups in total. The Balaban J connectivity index is 2.57. The first-order chi connectivity index (χ1) is 6.47.